The maximum atomic E-state index is 11.9. The molecule has 0 aliphatic rings. The third kappa shape index (κ3) is 6.44. The number of hydrogen-bond acceptors (Lipinski definition) is 3. The van der Waals surface area contributed by atoms with Gasteiger partial charge >= 0.3 is 0 Å². The number of thioether (sulfide) groups is 1. The summed E-state index contributed by atoms with van der Waals surface area (Å²) in [6.07, 6.45) is 0. The number of likely N-dealkylation sites (N-methyl/N-ethyl adjacent to an activating group) is 1. The summed E-state index contributed by atoms with van der Waals surface area (Å²) in [5, 5.41) is 3.03. The van der Waals surface area contributed by atoms with Gasteiger partial charge in [0.25, 0.3) is 0 Å². The first kappa shape index (κ1) is 17.1. The maximum Gasteiger partial charge on any atom is 0.230 e. The van der Waals surface area contributed by atoms with Gasteiger partial charge in [-0.2, -0.15) is 0 Å². The van der Waals surface area contributed by atoms with Crippen molar-refractivity contribution in [2.75, 3.05) is 26.4 Å². The van der Waals surface area contributed by atoms with E-state index in [2.05, 4.69) is 43.1 Å². The van der Waals surface area contributed by atoms with Gasteiger partial charge < -0.3 is 10.2 Å². The normalized spacial score (nSPS) is 13.3. The number of carbonyl (C=O) groups excluding carboxylic acids is 1. The van der Waals surface area contributed by atoms with Crippen LogP contribution >= 0.6 is 11.8 Å². The zero-order valence-electron chi connectivity index (χ0n) is 13.1. The molecule has 0 spiro atoms. The molecular formula is C16H26N2OS. The Morgan fingerprint density at radius 2 is 1.85 bits per heavy atom. The molecule has 4 heteroatoms. The summed E-state index contributed by atoms with van der Waals surface area (Å²) >= 11 is 1.67. The third-order valence-corrected chi connectivity index (χ3v) is 4.21. The SMILES string of the molecule is CN(C)C(CNC(=O)CSC(C)(C)C)c1ccccc1. The summed E-state index contributed by atoms with van der Waals surface area (Å²) < 4.78 is 0.123. The molecule has 0 aliphatic heterocycles. The Morgan fingerprint density at radius 3 is 2.35 bits per heavy atom. The molecule has 1 aromatic carbocycles. The molecule has 1 aromatic rings. The summed E-state index contributed by atoms with van der Waals surface area (Å²) in [5.41, 5.74) is 1.22. The Morgan fingerprint density at radius 1 is 1.25 bits per heavy atom. The van der Waals surface area contributed by atoms with E-state index < -0.39 is 0 Å². The molecule has 1 rings (SSSR count). The molecule has 1 amide bonds. The van der Waals surface area contributed by atoms with Gasteiger partial charge in [0.05, 0.1) is 11.8 Å². The van der Waals surface area contributed by atoms with Gasteiger partial charge in [0.15, 0.2) is 0 Å². The van der Waals surface area contributed by atoms with Crippen LogP contribution in [0.3, 0.4) is 0 Å². The first-order valence-corrected chi connectivity index (χ1v) is 7.90. The van der Waals surface area contributed by atoms with Crippen LogP contribution in [-0.4, -0.2) is 41.9 Å². The summed E-state index contributed by atoms with van der Waals surface area (Å²) in [7, 11) is 4.07. The molecule has 20 heavy (non-hydrogen) atoms. The van der Waals surface area contributed by atoms with Crippen LogP contribution in [0.15, 0.2) is 30.3 Å². The van der Waals surface area contributed by atoms with Crippen molar-refractivity contribution in [2.24, 2.45) is 0 Å². The second kappa shape index (κ2) is 7.70. The molecule has 0 bridgehead atoms. The van der Waals surface area contributed by atoms with Crippen LogP contribution < -0.4 is 5.32 Å². The van der Waals surface area contributed by atoms with Crippen molar-refractivity contribution in [2.45, 2.75) is 31.6 Å². The van der Waals surface area contributed by atoms with Crippen LogP contribution in [0.2, 0.25) is 0 Å². The topological polar surface area (TPSA) is 32.3 Å². The second-order valence-corrected chi connectivity index (χ2v) is 7.90. The number of carbonyl (C=O) groups is 1. The van der Waals surface area contributed by atoms with Crippen LogP contribution in [-0.2, 0) is 4.79 Å². The Kier molecular flexibility index (Phi) is 6.56. The van der Waals surface area contributed by atoms with E-state index in [9.17, 15) is 4.79 Å². The molecule has 0 fully saturated rings. The summed E-state index contributed by atoms with van der Waals surface area (Å²) in [6.45, 7) is 7.01. The van der Waals surface area contributed by atoms with E-state index in [4.69, 9.17) is 0 Å². The highest BCUT2D eigenvalue weighted by molar-refractivity contribution is 8.01. The molecule has 0 aromatic heterocycles. The van der Waals surface area contributed by atoms with Gasteiger partial charge in [-0.05, 0) is 19.7 Å². The first-order valence-electron chi connectivity index (χ1n) is 6.91. The van der Waals surface area contributed by atoms with Gasteiger partial charge in [-0.25, -0.2) is 0 Å². The lowest BCUT2D eigenvalue weighted by atomic mass is 10.1. The number of benzene rings is 1. The average molecular weight is 294 g/mol. The van der Waals surface area contributed by atoms with E-state index in [0.717, 1.165) is 0 Å². The van der Waals surface area contributed by atoms with Gasteiger partial charge in [0, 0.05) is 11.3 Å². The highest BCUT2D eigenvalue weighted by Crippen LogP contribution is 2.22. The van der Waals surface area contributed by atoms with E-state index in [1.165, 1.54) is 5.56 Å². The van der Waals surface area contributed by atoms with E-state index >= 15 is 0 Å². The highest BCUT2D eigenvalue weighted by Gasteiger charge is 2.17. The zero-order chi connectivity index (χ0) is 15.2. The second-order valence-electron chi connectivity index (χ2n) is 6.10. The molecule has 0 radical (unpaired) electrons. The van der Waals surface area contributed by atoms with E-state index in [-0.39, 0.29) is 16.7 Å². The molecular weight excluding hydrogens is 268 g/mol. The molecule has 1 unspecified atom stereocenters. The van der Waals surface area contributed by atoms with Crippen LogP contribution in [0.5, 0.6) is 0 Å². The quantitative estimate of drug-likeness (QED) is 0.875. The highest BCUT2D eigenvalue weighted by atomic mass is 32.2. The van der Waals surface area contributed by atoms with Crippen LogP contribution in [0, 0.1) is 0 Å². The largest absolute Gasteiger partial charge is 0.353 e. The van der Waals surface area contributed by atoms with Crippen molar-refractivity contribution < 1.29 is 4.79 Å². The minimum Gasteiger partial charge on any atom is -0.353 e. The lowest BCUT2D eigenvalue weighted by Gasteiger charge is -2.25. The zero-order valence-corrected chi connectivity index (χ0v) is 14.0. The Labute approximate surface area is 127 Å². The molecule has 1 N–H and O–H groups in total. The molecule has 112 valence electrons. The molecule has 0 aliphatic carbocycles. The van der Waals surface area contributed by atoms with Crippen molar-refractivity contribution >= 4 is 17.7 Å². The maximum absolute atomic E-state index is 11.9. The monoisotopic (exact) mass is 294 g/mol. The molecule has 0 heterocycles. The van der Waals surface area contributed by atoms with Crippen molar-refractivity contribution in [3.63, 3.8) is 0 Å². The van der Waals surface area contributed by atoms with Crippen LogP contribution in [0.25, 0.3) is 0 Å². The van der Waals surface area contributed by atoms with Crippen molar-refractivity contribution in [3.8, 4) is 0 Å². The predicted molar refractivity (Wildman–Crippen MR) is 88.1 cm³/mol. The number of nitrogens with one attached hydrogen (secondary N) is 1. The molecule has 0 saturated heterocycles. The third-order valence-electron chi connectivity index (χ3n) is 2.94. The molecule has 0 saturated carbocycles. The van der Waals surface area contributed by atoms with Gasteiger partial charge in [-0.3, -0.25) is 4.79 Å². The van der Waals surface area contributed by atoms with Crippen LogP contribution in [0.4, 0.5) is 0 Å². The minimum atomic E-state index is 0.104. The summed E-state index contributed by atoms with van der Waals surface area (Å²) in [4.78, 5) is 14.0. The molecule has 1 atom stereocenters. The summed E-state index contributed by atoms with van der Waals surface area (Å²) in [6, 6.07) is 10.5. The Balaban J connectivity index is 2.50. The number of hydrogen-bond donors (Lipinski definition) is 1. The number of rotatable bonds is 6. The Bertz CT molecular complexity index is 412. The fraction of sp³-hybridized carbons (Fsp3) is 0.562. The van der Waals surface area contributed by atoms with Crippen LogP contribution in [0.1, 0.15) is 32.4 Å². The lowest BCUT2D eigenvalue weighted by molar-refractivity contribution is -0.118. The predicted octanol–water partition coefficient (Wildman–Crippen LogP) is 2.94. The van der Waals surface area contributed by atoms with Crippen molar-refractivity contribution in [3.05, 3.63) is 35.9 Å². The van der Waals surface area contributed by atoms with Crippen molar-refractivity contribution in [1.82, 2.24) is 10.2 Å². The van der Waals surface area contributed by atoms with Gasteiger partial charge in [-0.1, -0.05) is 51.1 Å². The van der Waals surface area contributed by atoms with Gasteiger partial charge in [-0.15, -0.1) is 11.8 Å². The van der Waals surface area contributed by atoms with Gasteiger partial charge in [0.2, 0.25) is 5.91 Å². The van der Waals surface area contributed by atoms with E-state index in [0.29, 0.717) is 12.3 Å². The number of amides is 1. The smallest absolute Gasteiger partial charge is 0.230 e. The van der Waals surface area contributed by atoms with E-state index in [1.807, 2.05) is 32.3 Å². The first-order chi connectivity index (χ1) is 9.29. The minimum absolute atomic E-state index is 0.104. The standard InChI is InChI=1S/C16H26N2OS/c1-16(2,3)20-12-15(19)17-11-14(18(4)5)13-9-7-6-8-10-13/h6-10,14H,11-12H2,1-5H3,(H,17,19). The Hall–Kier alpha value is -1.00. The average Bonchev–Trinajstić information content (AvgIpc) is 2.36. The molecule has 3 nitrogen and oxygen atoms in total. The van der Waals surface area contributed by atoms with E-state index in [1.54, 1.807) is 11.8 Å². The fourth-order valence-corrected chi connectivity index (χ4v) is 2.48. The van der Waals surface area contributed by atoms with Gasteiger partial charge in [0.1, 0.15) is 0 Å². The lowest BCUT2D eigenvalue weighted by Crippen LogP contribution is -2.35. The fourth-order valence-electron chi connectivity index (χ4n) is 1.82. The summed E-state index contributed by atoms with van der Waals surface area (Å²) in [5.74, 6) is 0.617. The number of nitrogens with zero attached hydrogens (tertiary/aromatic N) is 1. The van der Waals surface area contributed by atoms with Crippen molar-refractivity contribution in [1.29, 1.82) is 0 Å².